The van der Waals surface area contributed by atoms with E-state index in [0.717, 1.165) is 16.8 Å². The maximum absolute atomic E-state index is 13.4. The third-order valence-corrected chi connectivity index (χ3v) is 5.83. The van der Waals surface area contributed by atoms with Crippen molar-refractivity contribution >= 4 is 45.2 Å². The number of hydrogen-bond donors (Lipinski definition) is 1. The molecule has 1 aliphatic rings. The van der Waals surface area contributed by atoms with Crippen LogP contribution in [0.4, 0.5) is 5.00 Å². The first-order valence-electron chi connectivity index (χ1n) is 9.27. The SMILES string of the molecule is C=C(Cl)C=CC(=CC)c1csc2c1C(=O)Cc1c(cnn1-c1ccccc1)C(=O)N2. The summed E-state index contributed by atoms with van der Waals surface area (Å²) in [5.41, 5.74) is 3.84. The Hall–Kier alpha value is -3.22. The van der Waals surface area contributed by atoms with Crippen molar-refractivity contribution in [2.45, 2.75) is 13.3 Å². The number of hydrogen-bond acceptors (Lipinski definition) is 4. The first kappa shape index (κ1) is 20.1. The van der Waals surface area contributed by atoms with Gasteiger partial charge in [0, 0.05) is 16.0 Å². The Morgan fingerprint density at radius 1 is 1.27 bits per heavy atom. The Bertz CT molecular complexity index is 1220. The van der Waals surface area contributed by atoms with Crippen LogP contribution in [0.1, 0.15) is 38.9 Å². The smallest absolute Gasteiger partial charge is 0.259 e. The molecule has 5 nitrogen and oxygen atoms in total. The first-order valence-corrected chi connectivity index (χ1v) is 10.5. The van der Waals surface area contributed by atoms with E-state index in [-0.39, 0.29) is 18.1 Å². The summed E-state index contributed by atoms with van der Waals surface area (Å²) >= 11 is 7.19. The van der Waals surface area contributed by atoms with E-state index in [0.29, 0.717) is 26.9 Å². The summed E-state index contributed by atoms with van der Waals surface area (Å²) in [5.74, 6) is -0.362. The molecule has 30 heavy (non-hydrogen) atoms. The highest BCUT2D eigenvalue weighted by Gasteiger charge is 2.29. The fourth-order valence-electron chi connectivity index (χ4n) is 3.40. The molecule has 0 saturated carbocycles. The molecular weight excluding hydrogens is 418 g/mol. The number of benzene rings is 1. The predicted molar refractivity (Wildman–Crippen MR) is 122 cm³/mol. The number of allylic oxidation sites excluding steroid dienone is 5. The van der Waals surface area contributed by atoms with Crippen LogP contribution in [0.15, 0.2) is 71.7 Å². The highest BCUT2D eigenvalue weighted by molar-refractivity contribution is 7.15. The summed E-state index contributed by atoms with van der Waals surface area (Å²) in [6.07, 6.45) is 6.96. The van der Waals surface area contributed by atoms with Crippen molar-refractivity contribution in [3.63, 3.8) is 0 Å². The van der Waals surface area contributed by atoms with Gasteiger partial charge in [-0.3, -0.25) is 9.59 Å². The summed E-state index contributed by atoms with van der Waals surface area (Å²) < 4.78 is 1.65. The Kier molecular flexibility index (Phi) is 5.53. The lowest BCUT2D eigenvalue weighted by atomic mass is 9.96. The molecule has 7 heteroatoms. The third kappa shape index (κ3) is 3.67. The average Bonchev–Trinajstić information content (AvgIpc) is 3.32. The van der Waals surface area contributed by atoms with Crippen LogP contribution in [0.3, 0.4) is 0 Å². The number of carbonyl (C=O) groups is 2. The van der Waals surface area contributed by atoms with E-state index < -0.39 is 0 Å². The van der Waals surface area contributed by atoms with Crippen LogP contribution >= 0.6 is 22.9 Å². The summed E-state index contributed by atoms with van der Waals surface area (Å²) in [6.45, 7) is 5.54. The molecule has 0 unspecified atom stereocenters. The topological polar surface area (TPSA) is 64.0 Å². The highest BCUT2D eigenvalue weighted by Crippen LogP contribution is 2.36. The van der Waals surface area contributed by atoms with E-state index in [2.05, 4.69) is 17.0 Å². The second-order valence-electron chi connectivity index (χ2n) is 6.68. The van der Waals surface area contributed by atoms with Crippen molar-refractivity contribution in [2.24, 2.45) is 0 Å². The number of ketones is 1. The summed E-state index contributed by atoms with van der Waals surface area (Å²) in [4.78, 5) is 26.3. The zero-order valence-corrected chi connectivity index (χ0v) is 17.8. The van der Waals surface area contributed by atoms with Crippen molar-refractivity contribution in [2.75, 3.05) is 5.32 Å². The molecule has 0 fully saturated rings. The number of rotatable bonds is 4. The molecular formula is C23H18ClN3O2S. The Morgan fingerprint density at radius 3 is 2.73 bits per heavy atom. The second-order valence-corrected chi connectivity index (χ2v) is 8.05. The van der Waals surface area contributed by atoms with E-state index in [1.807, 2.05) is 54.8 Å². The molecule has 3 heterocycles. The molecule has 0 bridgehead atoms. The van der Waals surface area contributed by atoms with Gasteiger partial charge in [-0.25, -0.2) is 4.68 Å². The summed E-state index contributed by atoms with van der Waals surface area (Å²) in [6, 6.07) is 9.45. The maximum atomic E-state index is 13.4. The molecule has 0 saturated heterocycles. The lowest BCUT2D eigenvalue weighted by molar-refractivity contribution is 0.0988. The number of nitrogens with one attached hydrogen (secondary N) is 1. The van der Waals surface area contributed by atoms with Crippen LogP contribution in [0, 0.1) is 0 Å². The fourth-order valence-corrected chi connectivity index (χ4v) is 4.44. The minimum atomic E-state index is -0.277. The predicted octanol–water partition coefficient (Wildman–Crippen LogP) is 5.64. The minimum absolute atomic E-state index is 0.0668. The van der Waals surface area contributed by atoms with Gasteiger partial charge in [0.1, 0.15) is 5.00 Å². The standard InChI is InChI=1S/C23H18ClN3O2S/c1-3-15(10-9-14(2)24)18-13-30-23-21(18)20(28)11-19-17(22(29)26-23)12-25-27(19)16-7-5-4-6-8-16/h3-10,12-13H,2,11H2,1H3,(H,26,29). The van der Waals surface area contributed by atoms with Gasteiger partial charge in [0.2, 0.25) is 0 Å². The van der Waals surface area contributed by atoms with Crippen molar-refractivity contribution in [3.8, 4) is 5.69 Å². The zero-order chi connectivity index (χ0) is 21.3. The van der Waals surface area contributed by atoms with Crippen LogP contribution < -0.4 is 5.32 Å². The van der Waals surface area contributed by atoms with Gasteiger partial charge < -0.3 is 5.32 Å². The van der Waals surface area contributed by atoms with Gasteiger partial charge in [-0.1, -0.05) is 48.5 Å². The molecule has 3 aromatic rings. The van der Waals surface area contributed by atoms with E-state index in [9.17, 15) is 9.59 Å². The summed E-state index contributed by atoms with van der Waals surface area (Å²) in [5, 5.41) is 10.1. The van der Waals surface area contributed by atoms with Gasteiger partial charge in [0.15, 0.2) is 5.78 Å². The van der Waals surface area contributed by atoms with E-state index in [1.54, 1.807) is 10.8 Å². The molecule has 4 rings (SSSR count). The molecule has 0 aliphatic carbocycles. The number of anilines is 1. The van der Waals surface area contributed by atoms with Crippen LogP contribution in [0.5, 0.6) is 0 Å². The lowest BCUT2D eigenvalue weighted by Gasteiger charge is -2.15. The highest BCUT2D eigenvalue weighted by atomic mass is 35.5. The molecule has 1 aromatic carbocycles. The van der Waals surface area contributed by atoms with Gasteiger partial charge in [0.25, 0.3) is 5.91 Å². The average molecular weight is 436 g/mol. The Morgan fingerprint density at radius 2 is 2.03 bits per heavy atom. The number of halogens is 1. The fraction of sp³-hybridized carbons (Fsp3) is 0.0870. The number of fused-ring (bicyclic) bond motifs is 2. The van der Waals surface area contributed by atoms with Crippen molar-refractivity contribution in [1.29, 1.82) is 0 Å². The first-order chi connectivity index (χ1) is 14.5. The Balaban J connectivity index is 1.80. The van der Waals surface area contributed by atoms with Gasteiger partial charge >= 0.3 is 0 Å². The van der Waals surface area contributed by atoms with Crippen LogP contribution in [0.2, 0.25) is 0 Å². The van der Waals surface area contributed by atoms with Crippen LogP contribution in [-0.2, 0) is 6.42 Å². The largest absolute Gasteiger partial charge is 0.313 e. The van der Waals surface area contributed by atoms with Crippen molar-refractivity contribution in [3.05, 3.63) is 94.1 Å². The van der Waals surface area contributed by atoms with Crippen LogP contribution in [-0.4, -0.2) is 21.5 Å². The molecule has 0 spiro atoms. The maximum Gasteiger partial charge on any atom is 0.259 e. The second kappa shape index (κ2) is 8.26. The van der Waals surface area contributed by atoms with E-state index in [1.165, 1.54) is 17.5 Å². The van der Waals surface area contributed by atoms with Crippen LogP contribution in [0.25, 0.3) is 11.3 Å². The molecule has 1 amide bonds. The Labute approximate surface area is 183 Å². The van der Waals surface area contributed by atoms with Gasteiger partial charge in [-0.05, 0) is 30.7 Å². The van der Waals surface area contributed by atoms with Gasteiger partial charge in [-0.15, -0.1) is 11.3 Å². The van der Waals surface area contributed by atoms with E-state index >= 15 is 0 Å². The third-order valence-electron chi connectivity index (χ3n) is 4.80. The summed E-state index contributed by atoms with van der Waals surface area (Å²) in [7, 11) is 0. The van der Waals surface area contributed by atoms with Crippen molar-refractivity contribution < 1.29 is 9.59 Å². The molecule has 0 radical (unpaired) electrons. The number of para-hydroxylation sites is 1. The number of amides is 1. The minimum Gasteiger partial charge on any atom is -0.313 e. The zero-order valence-electron chi connectivity index (χ0n) is 16.2. The quantitative estimate of drug-likeness (QED) is 0.539. The number of aromatic nitrogens is 2. The van der Waals surface area contributed by atoms with Gasteiger partial charge in [0.05, 0.1) is 35.1 Å². The van der Waals surface area contributed by atoms with Gasteiger partial charge in [-0.2, -0.15) is 5.10 Å². The number of thiophene rings is 1. The molecule has 150 valence electrons. The number of carbonyl (C=O) groups excluding carboxylic acids is 2. The van der Waals surface area contributed by atoms with Crippen molar-refractivity contribution in [1.82, 2.24) is 9.78 Å². The molecule has 1 aliphatic heterocycles. The molecule has 1 N–H and O–H groups in total. The molecule has 0 atom stereocenters. The number of nitrogens with zero attached hydrogens (tertiary/aromatic N) is 2. The molecule has 2 aromatic heterocycles. The monoisotopic (exact) mass is 435 g/mol. The lowest BCUT2D eigenvalue weighted by Crippen LogP contribution is -2.21. The normalized spacial score (nSPS) is 14.1. The van der Waals surface area contributed by atoms with E-state index in [4.69, 9.17) is 11.6 Å². The number of Topliss-reactive ketones (excluding diaryl/α,β-unsaturated/α-hetero) is 1.